The van der Waals surface area contributed by atoms with Crippen LogP contribution in [0.5, 0.6) is 0 Å². The molecule has 0 bridgehead atoms. The summed E-state index contributed by atoms with van der Waals surface area (Å²) in [5, 5.41) is 8.66. The number of para-hydroxylation sites is 1. The van der Waals surface area contributed by atoms with E-state index in [0.717, 1.165) is 50.3 Å². The molecule has 0 aliphatic rings. The van der Waals surface area contributed by atoms with Crippen molar-refractivity contribution >= 4 is 27.7 Å². The number of aromatic nitrogens is 3. The molecule has 7 nitrogen and oxygen atoms in total. The van der Waals surface area contributed by atoms with Crippen LogP contribution in [0.2, 0.25) is 39.3 Å². The monoisotopic (exact) mass is 452 g/mol. The smallest absolute Gasteiger partial charge is 0.183 e. The van der Waals surface area contributed by atoms with Crippen molar-refractivity contribution in [1.29, 1.82) is 0 Å². The molecule has 30 heavy (non-hydrogen) atoms. The maximum atomic E-state index is 6.10. The lowest BCUT2D eigenvalue weighted by atomic mass is 10.3. The number of hydrogen-bond donors (Lipinski definition) is 0. The molecule has 1 atom stereocenters. The van der Waals surface area contributed by atoms with E-state index in [0.29, 0.717) is 6.61 Å². The maximum Gasteiger partial charge on any atom is 0.183 e. The average Bonchev–Trinajstić information content (AvgIpc) is 3.06. The van der Waals surface area contributed by atoms with Crippen molar-refractivity contribution in [2.75, 3.05) is 39.5 Å². The normalized spacial score (nSPS) is 14.0. The summed E-state index contributed by atoms with van der Waals surface area (Å²) >= 11 is 0. The fourth-order valence-electron chi connectivity index (χ4n) is 3.16. The first-order chi connectivity index (χ1) is 14.1. The quantitative estimate of drug-likeness (QED) is 0.397. The molecule has 0 aliphatic carbocycles. The fraction of sp³-hybridized carbons (Fsp3) is 0.714. The Morgan fingerprint density at radius 2 is 1.53 bits per heavy atom. The van der Waals surface area contributed by atoms with Gasteiger partial charge in [-0.15, -0.1) is 5.10 Å². The minimum absolute atomic E-state index is 0.138. The molecule has 0 N–H and O–H groups in total. The Morgan fingerprint density at radius 3 is 2.10 bits per heavy atom. The summed E-state index contributed by atoms with van der Waals surface area (Å²) in [7, 11) is -3.03. The van der Waals surface area contributed by atoms with Crippen LogP contribution in [0.4, 0.5) is 0 Å². The molecule has 2 aromatic rings. The van der Waals surface area contributed by atoms with Gasteiger partial charge in [-0.05, 0) is 58.3 Å². The first-order valence-corrected chi connectivity index (χ1v) is 17.8. The SMILES string of the molecule is CCOC(CCN(CCO[Si](C)(C)C)CCO[Si](C)(C)C)n1nnc2ccccc21. The zero-order valence-corrected chi connectivity index (χ0v) is 21.9. The molecular weight excluding hydrogens is 412 g/mol. The topological polar surface area (TPSA) is 61.6 Å². The second-order valence-corrected chi connectivity index (χ2v) is 18.5. The molecule has 0 amide bonds. The van der Waals surface area contributed by atoms with Crippen molar-refractivity contribution in [1.82, 2.24) is 19.9 Å². The lowest BCUT2D eigenvalue weighted by molar-refractivity contribution is -0.0102. The first kappa shape index (κ1) is 25.2. The van der Waals surface area contributed by atoms with Gasteiger partial charge in [-0.25, -0.2) is 4.68 Å². The van der Waals surface area contributed by atoms with Crippen molar-refractivity contribution in [3.8, 4) is 0 Å². The van der Waals surface area contributed by atoms with E-state index in [-0.39, 0.29) is 6.23 Å². The molecular formula is C21H40N4O3Si2. The van der Waals surface area contributed by atoms with E-state index in [1.54, 1.807) is 0 Å². The largest absolute Gasteiger partial charge is 0.416 e. The van der Waals surface area contributed by atoms with Gasteiger partial charge in [0.25, 0.3) is 0 Å². The van der Waals surface area contributed by atoms with E-state index in [1.807, 2.05) is 35.9 Å². The Morgan fingerprint density at radius 1 is 0.933 bits per heavy atom. The van der Waals surface area contributed by atoms with Crippen LogP contribution in [0.15, 0.2) is 24.3 Å². The number of benzene rings is 1. The third kappa shape index (κ3) is 8.95. The molecule has 2 rings (SSSR count). The van der Waals surface area contributed by atoms with E-state index < -0.39 is 16.6 Å². The van der Waals surface area contributed by atoms with E-state index in [4.69, 9.17) is 13.6 Å². The van der Waals surface area contributed by atoms with E-state index in [9.17, 15) is 0 Å². The number of hydrogen-bond acceptors (Lipinski definition) is 6. The van der Waals surface area contributed by atoms with Crippen LogP contribution >= 0.6 is 0 Å². The summed E-state index contributed by atoms with van der Waals surface area (Å²) in [6.45, 7) is 20.2. The number of ether oxygens (including phenoxy) is 1. The highest BCUT2D eigenvalue weighted by Gasteiger charge is 2.20. The van der Waals surface area contributed by atoms with E-state index >= 15 is 0 Å². The van der Waals surface area contributed by atoms with Crippen LogP contribution in [0.25, 0.3) is 11.0 Å². The molecule has 0 saturated carbocycles. The molecule has 170 valence electrons. The lowest BCUT2D eigenvalue weighted by Gasteiger charge is -2.28. The Labute approximate surface area is 183 Å². The Kier molecular flexibility index (Phi) is 9.64. The Hall–Kier alpha value is -1.11. The predicted octanol–water partition coefficient (Wildman–Crippen LogP) is 4.36. The van der Waals surface area contributed by atoms with Crippen LogP contribution in [-0.2, 0) is 13.6 Å². The zero-order valence-electron chi connectivity index (χ0n) is 19.9. The van der Waals surface area contributed by atoms with Gasteiger partial charge in [-0.2, -0.15) is 0 Å². The summed E-state index contributed by atoms with van der Waals surface area (Å²) in [6, 6.07) is 8.02. The summed E-state index contributed by atoms with van der Waals surface area (Å²) in [5.74, 6) is 0. The second-order valence-electron chi connectivity index (χ2n) is 9.48. The molecule has 0 aliphatic heterocycles. The molecule has 0 spiro atoms. The van der Waals surface area contributed by atoms with Gasteiger partial charge in [0, 0.05) is 45.9 Å². The number of nitrogens with zero attached hydrogens (tertiary/aromatic N) is 4. The van der Waals surface area contributed by atoms with Crippen molar-refractivity contribution in [3.63, 3.8) is 0 Å². The number of rotatable bonds is 14. The van der Waals surface area contributed by atoms with Gasteiger partial charge in [0.1, 0.15) is 5.52 Å². The van der Waals surface area contributed by atoms with Crippen LogP contribution in [0.3, 0.4) is 0 Å². The van der Waals surface area contributed by atoms with Crippen LogP contribution in [0, 0.1) is 0 Å². The van der Waals surface area contributed by atoms with Crippen LogP contribution in [-0.4, -0.2) is 76.0 Å². The maximum absolute atomic E-state index is 6.10. The van der Waals surface area contributed by atoms with Gasteiger partial charge in [-0.3, -0.25) is 4.90 Å². The highest BCUT2D eigenvalue weighted by Crippen LogP contribution is 2.20. The summed E-state index contributed by atoms with van der Waals surface area (Å²) < 4.78 is 20.2. The third-order valence-corrected chi connectivity index (χ3v) is 6.73. The van der Waals surface area contributed by atoms with Crippen molar-refractivity contribution in [2.24, 2.45) is 0 Å². The van der Waals surface area contributed by atoms with E-state index in [2.05, 4.69) is 54.5 Å². The van der Waals surface area contributed by atoms with Crippen molar-refractivity contribution in [3.05, 3.63) is 24.3 Å². The number of fused-ring (bicyclic) bond motifs is 1. The third-order valence-electron chi connectivity index (χ3n) is 4.59. The van der Waals surface area contributed by atoms with Crippen LogP contribution < -0.4 is 0 Å². The Balaban J connectivity index is 2.01. The fourth-order valence-corrected chi connectivity index (χ4v) is 4.57. The Bertz CT molecular complexity index is 739. The summed E-state index contributed by atoms with van der Waals surface area (Å²) in [5.41, 5.74) is 1.90. The standard InChI is InChI=1S/C21H40N4O3Si2/c1-8-26-21(25-20-12-10-9-11-19(20)22-23-25)13-14-24(15-17-27-29(2,3)4)16-18-28-30(5,6)7/h9-12,21H,8,13-18H2,1-7H3. The summed E-state index contributed by atoms with van der Waals surface area (Å²) in [6.07, 6.45) is 0.696. The van der Waals surface area contributed by atoms with Gasteiger partial charge in [0.2, 0.25) is 0 Å². The molecule has 1 aromatic heterocycles. The molecule has 0 fully saturated rings. The van der Waals surface area contributed by atoms with Gasteiger partial charge in [0.05, 0.1) is 5.52 Å². The first-order valence-electron chi connectivity index (χ1n) is 11.0. The zero-order chi connectivity index (χ0) is 22.2. The van der Waals surface area contributed by atoms with Crippen molar-refractivity contribution < 1.29 is 13.6 Å². The minimum Gasteiger partial charge on any atom is -0.416 e. The highest BCUT2D eigenvalue weighted by atomic mass is 28.4. The second kappa shape index (κ2) is 11.5. The molecule has 1 unspecified atom stereocenters. The summed E-state index contributed by atoms with van der Waals surface area (Å²) in [4.78, 5) is 2.42. The molecule has 9 heteroatoms. The van der Waals surface area contributed by atoms with Crippen molar-refractivity contribution in [2.45, 2.75) is 58.9 Å². The highest BCUT2D eigenvalue weighted by molar-refractivity contribution is 6.70. The van der Waals surface area contributed by atoms with E-state index in [1.165, 1.54) is 0 Å². The van der Waals surface area contributed by atoms with Gasteiger partial charge >= 0.3 is 0 Å². The lowest BCUT2D eigenvalue weighted by Crippen LogP contribution is -2.38. The molecule has 0 saturated heterocycles. The molecule has 0 radical (unpaired) electrons. The predicted molar refractivity (Wildman–Crippen MR) is 128 cm³/mol. The van der Waals surface area contributed by atoms with Gasteiger partial charge in [0.15, 0.2) is 22.9 Å². The molecule has 1 heterocycles. The average molecular weight is 453 g/mol. The molecule has 1 aromatic carbocycles. The van der Waals surface area contributed by atoms with Gasteiger partial charge in [-0.1, -0.05) is 17.3 Å². The van der Waals surface area contributed by atoms with Crippen LogP contribution in [0.1, 0.15) is 19.6 Å². The van der Waals surface area contributed by atoms with Gasteiger partial charge < -0.3 is 13.6 Å². The minimum atomic E-state index is -1.51.